The molecule has 0 spiro atoms. The van der Waals surface area contributed by atoms with Gasteiger partial charge in [-0.2, -0.15) is 0 Å². The quantitative estimate of drug-likeness (QED) is 0.580. The lowest BCUT2D eigenvalue weighted by Crippen LogP contribution is -2.21. The Kier molecular flexibility index (Phi) is 4.32. The number of allylic oxidation sites excluding steroid dienone is 1. The molecule has 2 nitrogen and oxygen atoms in total. The molecule has 0 aliphatic heterocycles. The lowest BCUT2D eigenvalue weighted by atomic mass is 10.1. The van der Waals surface area contributed by atoms with Crippen molar-refractivity contribution in [2.45, 2.75) is 39.3 Å². The molecule has 0 aliphatic rings. The van der Waals surface area contributed by atoms with E-state index in [-0.39, 0.29) is 12.1 Å². The van der Waals surface area contributed by atoms with E-state index in [1.807, 2.05) is 26.8 Å². The SMILES string of the molecule is CC(C)=CC(O)CC(C)N. The van der Waals surface area contributed by atoms with Crippen LogP contribution in [0.1, 0.15) is 27.2 Å². The minimum atomic E-state index is -0.370. The Morgan fingerprint density at radius 3 is 2.40 bits per heavy atom. The van der Waals surface area contributed by atoms with Crippen LogP contribution in [-0.4, -0.2) is 17.3 Å². The van der Waals surface area contributed by atoms with E-state index in [1.54, 1.807) is 0 Å². The third-order valence-corrected chi connectivity index (χ3v) is 1.14. The van der Waals surface area contributed by atoms with Crippen LogP contribution >= 0.6 is 0 Å². The van der Waals surface area contributed by atoms with Crippen LogP contribution in [0.4, 0.5) is 0 Å². The normalized spacial score (nSPS) is 16.1. The van der Waals surface area contributed by atoms with Gasteiger partial charge in [-0.1, -0.05) is 11.6 Å². The van der Waals surface area contributed by atoms with Gasteiger partial charge in [-0.05, 0) is 27.2 Å². The van der Waals surface area contributed by atoms with Crippen LogP contribution in [0.15, 0.2) is 11.6 Å². The number of rotatable bonds is 3. The van der Waals surface area contributed by atoms with Crippen molar-refractivity contribution >= 4 is 0 Å². The van der Waals surface area contributed by atoms with E-state index < -0.39 is 0 Å². The van der Waals surface area contributed by atoms with Gasteiger partial charge in [-0.15, -0.1) is 0 Å². The first kappa shape index (κ1) is 9.66. The van der Waals surface area contributed by atoms with Crippen molar-refractivity contribution in [1.29, 1.82) is 0 Å². The van der Waals surface area contributed by atoms with Gasteiger partial charge in [0.25, 0.3) is 0 Å². The van der Waals surface area contributed by atoms with Gasteiger partial charge in [0.05, 0.1) is 6.10 Å². The minimum Gasteiger partial charge on any atom is -0.389 e. The number of hydrogen-bond acceptors (Lipinski definition) is 2. The zero-order valence-corrected chi connectivity index (χ0v) is 6.96. The van der Waals surface area contributed by atoms with E-state index in [4.69, 9.17) is 5.73 Å². The molecule has 2 heteroatoms. The highest BCUT2D eigenvalue weighted by Crippen LogP contribution is 2.00. The summed E-state index contributed by atoms with van der Waals surface area (Å²) >= 11 is 0. The topological polar surface area (TPSA) is 46.2 Å². The molecule has 10 heavy (non-hydrogen) atoms. The molecule has 0 aliphatic carbocycles. The summed E-state index contributed by atoms with van der Waals surface area (Å²) in [5, 5.41) is 9.23. The second-order valence-electron chi connectivity index (χ2n) is 3.02. The molecular formula is C8H17NO. The smallest absolute Gasteiger partial charge is 0.0738 e. The van der Waals surface area contributed by atoms with Crippen molar-refractivity contribution in [2.24, 2.45) is 5.73 Å². The van der Waals surface area contributed by atoms with Crippen molar-refractivity contribution in [3.63, 3.8) is 0 Å². The van der Waals surface area contributed by atoms with Gasteiger partial charge < -0.3 is 10.8 Å². The molecular weight excluding hydrogens is 126 g/mol. The zero-order chi connectivity index (χ0) is 8.15. The van der Waals surface area contributed by atoms with E-state index in [1.165, 1.54) is 0 Å². The lowest BCUT2D eigenvalue weighted by molar-refractivity contribution is 0.204. The summed E-state index contributed by atoms with van der Waals surface area (Å²) in [5.74, 6) is 0. The monoisotopic (exact) mass is 143 g/mol. The molecule has 3 N–H and O–H groups in total. The summed E-state index contributed by atoms with van der Waals surface area (Å²) in [7, 11) is 0. The van der Waals surface area contributed by atoms with Crippen molar-refractivity contribution in [3.05, 3.63) is 11.6 Å². The summed E-state index contributed by atoms with van der Waals surface area (Å²) < 4.78 is 0. The summed E-state index contributed by atoms with van der Waals surface area (Å²) in [5.41, 5.74) is 6.61. The highest BCUT2D eigenvalue weighted by molar-refractivity contribution is 4.98. The Bertz CT molecular complexity index is 114. The van der Waals surface area contributed by atoms with Crippen LogP contribution in [0, 0.1) is 0 Å². The molecule has 60 valence electrons. The molecule has 0 amide bonds. The third-order valence-electron chi connectivity index (χ3n) is 1.14. The van der Waals surface area contributed by atoms with Crippen LogP contribution in [-0.2, 0) is 0 Å². The average molecular weight is 143 g/mol. The van der Waals surface area contributed by atoms with Crippen LogP contribution in [0.3, 0.4) is 0 Å². The van der Waals surface area contributed by atoms with Gasteiger partial charge in [0.2, 0.25) is 0 Å². The predicted octanol–water partition coefficient (Wildman–Crippen LogP) is 1.05. The summed E-state index contributed by atoms with van der Waals surface area (Å²) in [6.45, 7) is 5.82. The van der Waals surface area contributed by atoms with Gasteiger partial charge in [-0.25, -0.2) is 0 Å². The molecule has 0 radical (unpaired) electrons. The Morgan fingerprint density at radius 1 is 1.60 bits per heavy atom. The van der Waals surface area contributed by atoms with Gasteiger partial charge in [0.1, 0.15) is 0 Å². The molecule has 0 fully saturated rings. The Morgan fingerprint density at radius 2 is 2.10 bits per heavy atom. The number of aliphatic hydroxyl groups is 1. The van der Waals surface area contributed by atoms with Crippen LogP contribution in [0.25, 0.3) is 0 Å². The predicted molar refractivity (Wildman–Crippen MR) is 43.7 cm³/mol. The highest BCUT2D eigenvalue weighted by Gasteiger charge is 2.02. The molecule has 0 aromatic heterocycles. The number of aliphatic hydroxyl groups excluding tert-OH is 1. The van der Waals surface area contributed by atoms with E-state index in [9.17, 15) is 5.11 Å². The maximum absolute atomic E-state index is 9.23. The van der Waals surface area contributed by atoms with E-state index in [0.29, 0.717) is 6.42 Å². The highest BCUT2D eigenvalue weighted by atomic mass is 16.3. The first-order valence-corrected chi connectivity index (χ1v) is 3.61. The Balaban J connectivity index is 3.64. The fraction of sp³-hybridized carbons (Fsp3) is 0.750. The second kappa shape index (κ2) is 4.47. The molecule has 0 aromatic rings. The van der Waals surface area contributed by atoms with Crippen LogP contribution in [0.2, 0.25) is 0 Å². The fourth-order valence-corrected chi connectivity index (χ4v) is 0.834. The first-order chi connectivity index (χ1) is 4.52. The van der Waals surface area contributed by atoms with Gasteiger partial charge in [0.15, 0.2) is 0 Å². The molecule has 0 heterocycles. The Labute approximate surface area is 62.7 Å². The number of nitrogens with two attached hydrogens (primary N) is 1. The maximum Gasteiger partial charge on any atom is 0.0738 e. The maximum atomic E-state index is 9.23. The van der Waals surface area contributed by atoms with Gasteiger partial charge in [0, 0.05) is 6.04 Å². The van der Waals surface area contributed by atoms with Gasteiger partial charge in [-0.3, -0.25) is 0 Å². The molecule has 0 bridgehead atoms. The fourth-order valence-electron chi connectivity index (χ4n) is 0.834. The Hall–Kier alpha value is -0.340. The molecule has 2 unspecified atom stereocenters. The molecule has 0 aromatic carbocycles. The van der Waals surface area contributed by atoms with Crippen molar-refractivity contribution < 1.29 is 5.11 Å². The van der Waals surface area contributed by atoms with E-state index in [2.05, 4.69) is 0 Å². The summed E-state index contributed by atoms with van der Waals surface area (Å²) in [4.78, 5) is 0. The zero-order valence-electron chi connectivity index (χ0n) is 6.96. The van der Waals surface area contributed by atoms with Crippen molar-refractivity contribution in [1.82, 2.24) is 0 Å². The molecule has 0 saturated heterocycles. The van der Waals surface area contributed by atoms with Crippen molar-refractivity contribution in [2.75, 3.05) is 0 Å². The number of hydrogen-bond donors (Lipinski definition) is 2. The summed E-state index contributed by atoms with van der Waals surface area (Å²) in [6, 6.07) is 0.0746. The molecule has 0 rings (SSSR count). The summed E-state index contributed by atoms with van der Waals surface area (Å²) in [6.07, 6.45) is 2.10. The molecule has 2 atom stereocenters. The van der Waals surface area contributed by atoms with Crippen LogP contribution in [0.5, 0.6) is 0 Å². The largest absolute Gasteiger partial charge is 0.389 e. The van der Waals surface area contributed by atoms with E-state index in [0.717, 1.165) is 5.57 Å². The van der Waals surface area contributed by atoms with E-state index >= 15 is 0 Å². The van der Waals surface area contributed by atoms with Gasteiger partial charge >= 0.3 is 0 Å². The first-order valence-electron chi connectivity index (χ1n) is 3.61. The second-order valence-corrected chi connectivity index (χ2v) is 3.02. The average Bonchev–Trinajstić information content (AvgIpc) is 1.58. The molecule has 0 saturated carbocycles. The standard InChI is InChI=1S/C8H17NO/c1-6(2)4-8(10)5-7(3)9/h4,7-8,10H,5,9H2,1-3H3. The minimum absolute atomic E-state index is 0.0746. The third kappa shape index (κ3) is 5.79. The van der Waals surface area contributed by atoms with Crippen LogP contribution < -0.4 is 5.73 Å². The lowest BCUT2D eigenvalue weighted by Gasteiger charge is -2.08. The van der Waals surface area contributed by atoms with Crippen molar-refractivity contribution in [3.8, 4) is 0 Å².